The Balaban J connectivity index is 1.57. The van der Waals surface area contributed by atoms with E-state index < -0.39 is 67.7 Å². The lowest BCUT2D eigenvalue weighted by molar-refractivity contribution is -0.265. The van der Waals surface area contributed by atoms with Crippen LogP contribution in [0.3, 0.4) is 0 Å². The van der Waals surface area contributed by atoms with Crippen LogP contribution in [0, 0.1) is 5.82 Å². The summed E-state index contributed by atoms with van der Waals surface area (Å²) in [5.41, 5.74) is -7.39. The Bertz CT molecular complexity index is 1720. The molecule has 4 aromatic rings. The lowest BCUT2D eigenvalue weighted by Gasteiger charge is -2.31. The van der Waals surface area contributed by atoms with Crippen LogP contribution in [0.1, 0.15) is 27.4 Å². The number of rotatable bonds is 9. The topological polar surface area (TPSA) is 127 Å². The second-order valence-corrected chi connectivity index (χ2v) is 10.2. The number of benzene rings is 2. The number of carbonyl (C=O) groups is 1. The van der Waals surface area contributed by atoms with Gasteiger partial charge in [0.25, 0.3) is 5.91 Å². The Morgan fingerprint density at radius 1 is 1.11 bits per heavy atom. The molecule has 5 rings (SSSR count). The second-order valence-electron chi connectivity index (χ2n) is 10.2. The van der Waals surface area contributed by atoms with Crippen LogP contribution < -0.4 is 14.8 Å². The van der Waals surface area contributed by atoms with Gasteiger partial charge in [0.1, 0.15) is 55.1 Å². The molecule has 1 aliphatic rings. The molecule has 232 valence electrons. The Labute approximate surface area is 245 Å². The maximum absolute atomic E-state index is 14.6. The summed E-state index contributed by atoms with van der Waals surface area (Å²) in [6.07, 6.45) is -4.17. The van der Waals surface area contributed by atoms with Crippen molar-refractivity contribution in [2.24, 2.45) is 0 Å². The molecule has 1 atom stereocenters. The smallest absolute Gasteiger partial charge is 0.424 e. The molecule has 0 aliphatic carbocycles. The van der Waals surface area contributed by atoms with E-state index in [2.05, 4.69) is 20.3 Å². The lowest BCUT2D eigenvalue weighted by atomic mass is 9.82. The number of nitrogens with zero attached hydrogens (tertiary/aromatic N) is 3. The first-order chi connectivity index (χ1) is 20.9. The average molecular weight is 623 g/mol. The maximum atomic E-state index is 14.6. The number of nitrogens with one attached hydrogen (secondary N) is 1. The molecule has 0 radical (unpaired) electrons. The highest BCUT2D eigenvalue weighted by molar-refractivity contribution is 5.99. The number of fused-ring (bicyclic) bond motifs is 2. The number of hydrogen-bond donors (Lipinski definition) is 3. The Morgan fingerprint density at radius 3 is 2.43 bits per heavy atom. The summed E-state index contributed by atoms with van der Waals surface area (Å²) in [5, 5.41) is 22.8. The largest absolute Gasteiger partial charge is 0.494 e. The molecule has 1 amide bonds. The zero-order chi connectivity index (χ0) is 31.9. The summed E-state index contributed by atoms with van der Waals surface area (Å²) in [6, 6.07) is 7.57. The third-order valence-electron chi connectivity index (χ3n) is 7.39. The lowest BCUT2D eigenvalue weighted by Crippen LogP contribution is -2.51. The molecule has 44 heavy (non-hydrogen) atoms. The first-order valence-electron chi connectivity index (χ1n) is 13.0. The second kappa shape index (κ2) is 11.5. The van der Waals surface area contributed by atoms with Crippen molar-refractivity contribution in [3.63, 3.8) is 0 Å². The number of hydrogen-bond acceptors (Lipinski definition) is 8. The van der Waals surface area contributed by atoms with Crippen molar-refractivity contribution >= 4 is 16.8 Å². The van der Waals surface area contributed by atoms with E-state index in [-0.39, 0.29) is 50.6 Å². The minimum absolute atomic E-state index is 0.0569. The van der Waals surface area contributed by atoms with Gasteiger partial charge < -0.3 is 25.0 Å². The molecule has 2 aromatic heterocycles. The zero-order valence-electron chi connectivity index (χ0n) is 22.9. The van der Waals surface area contributed by atoms with Crippen LogP contribution in [0.4, 0.5) is 26.3 Å². The van der Waals surface area contributed by atoms with Crippen LogP contribution in [0.2, 0.25) is 0 Å². The van der Waals surface area contributed by atoms with Crippen molar-refractivity contribution in [3.05, 3.63) is 77.1 Å². The van der Waals surface area contributed by atoms with E-state index in [1.54, 1.807) is 0 Å². The fourth-order valence-electron chi connectivity index (χ4n) is 4.79. The van der Waals surface area contributed by atoms with Crippen LogP contribution in [0.15, 0.2) is 48.7 Å². The number of halogens is 6. The molecule has 3 N–H and O–H groups in total. The quantitative estimate of drug-likeness (QED) is 0.239. The average Bonchev–Trinajstić information content (AvgIpc) is 3.41. The number of aliphatic hydroxyl groups excluding tert-OH is 1. The standard InChI is InChI=1S/C29H24F6N4O5/c1-43-20-7-16(6-17-9-36-22(10-40)39-23(17)20)26(41)37-13-28(42,29(33,34)35)21-8-19-25(44-14-27(19,11-30)12-31)24(38-21)15-2-4-18(32)5-3-15/h2-9,40,42H,10-14H2,1H3,(H,37,41). The van der Waals surface area contributed by atoms with Crippen LogP contribution in [0.5, 0.6) is 11.5 Å². The summed E-state index contributed by atoms with van der Waals surface area (Å²) < 4.78 is 96.5. The number of aliphatic hydroxyl groups is 2. The highest BCUT2D eigenvalue weighted by atomic mass is 19.4. The van der Waals surface area contributed by atoms with Crippen LogP contribution in [-0.4, -0.2) is 70.9 Å². The predicted octanol–water partition coefficient (Wildman–Crippen LogP) is 4.08. The van der Waals surface area contributed by atoms with Crippen molar-refractivity contribution in [2.45, 2.75) is 23.8 Å². The first kappa shape index (κ1) is 30.9. The van der Waals surface area contributed by atoms with Gasteiger partial charge in [-0.15, -0.1) is 0 Å². The molecule has 0 saturated heterocycles. The third kappa shape index (κ3) is 5.26. The summed E-state index contributed by atoms with van der Waals surface area (Å²) in [4.78, 5) is 25.1. The van der Waals surface area contributed by atoms with E-state index in [0.717, 1.165) is 12.1 Å². The monoisotopic (exact) mass is 622 g/mol. The molecule has 9 nitrogen and oxygen atoms in total. The van der Waals surface area contributed by atoms with Gasteiger partial charge in [-0.25, -0.2) is 28.1 Å². The van der Waals surface area contributed by atoms with Gasteiger partial charge >= 0.3 is 6.18 Å². The van der Waals surface area contributed by atoms with Crippen LogP contribution in [-0.2, 0) is 17.6 Å². The number of pyridine rings is 1. The number of methoxy groups -OCH3 is 1. The normalized spacial score (nSPS) is 15.4. The first-order valence-corrected chi connectivity index (χ1v) is 13.0. The van der Waals surface area contributed by atoms with Gasteiger partial charge in [0, 0.05) is 28.3 Å². The highest BCUT2D eigenvalue weighted by Crippen LogP contribution is 2.48. The van der Waals surface area contributed by atoms with Crippen molar-refractivity contribution in [3.8, 4) is 22.8 Å². The molecule has 15 heteroatoms. The fourth-order valence-corrected chi connectivity index (χ4v) is 4.79. The Kier molecular flexibility index (Phi) is 8.11. The van der Waals surface area contributed by atoms with E-state index in [9.17, 15) is 41.4 Å². The van der Waals surface area contributed by atoms with Crippen molar-refractivity contribution in [2.75, 3.05) is 33.6 Å². The van der Waals surface area contributed by atoms with Crippen molar-refractivity contribution < 1.29 is 50.8 Å². The summed E-state index contributed by atoms with van der Waals surface area (Å²) in [6.45, 7) is -5.15. The minimum atomic E-state index is -5.45. The molecule has 1 aliphatic heterocycles. The highest BCUT2D eigenvalue weighted by Gasteiger charge is 2.57. The SMILES string of the molecule is COc1cc(C(=O)NCC(O)(c2cc3c(c(-c4ccc(F)cc4)n2)OCC3(CF)CF)C(F)(F)F)cc2cnc(CO)nc12. The number of ether oxygens (including phenoxy) is 2. The van der Waals surface area contributed by atoms with Gasteiger partial charge in [0.05, 0.1) is 24.8 Å². The molecular formula is C29H24F6N4O5. The van der Waals surface area contributed by atoms with Crippen LogP contribution in [0.25, 0.3) is 22.2 Å². The molecule has 1 unspecified atom stereocenters. The van der Waals surface area contributed by atoms with Gasteiger partial charge in [-0.1, -0.05) is 0 Å². The molecule has 3 heterocycles. The van der Waals surface area contributed by atoms with Gasteiger partial charge in [-0.3, -0.25) is 4.79 Å². The van der Waals surface area contributed by atoms with Gasteiger partial charge in [0.2, 0.25) is 5.60 Å². The van der Waals surface area contributed by atoms with Crippen molar-refractivity contribution in [1.82, 2.24) is 20.3 Å². The van der Waals surface area contributed by atoms with E-state index in [1.807, 2.05) is 0 Å². The molecule has 0 spiro atoms. The number of carbonyl (C=O) groups excluding carboxylic acids is 1. The van der Waals surface area contributed by atoms with Gasteiger partial charge in [-0.2, -0.15) is 13.2 Å². The minimum Gasteiger partial charge on any atom is -0.494 e. The Hall–Kier alpha value is -4.50. The summed E-state index contributed by atoms with van der Waals surface area (Å²) >= 11 is 0. The molecule has 0 bridgehead atoms. The van der Waals surface area contributed by atoms with Crippen LogP contribution >= 0.6 is 0 Å². The molecule has 0 fully saturated rings. The summed E-state index contributed by atoms with van der Waals surface area (Å²) in [5.74, 6) is -1.79. The maximum Gasteiger partial charge on any atom is 0.424 e. The van der Waals surface area contributed by atoms with Crippen molar-refractivity contribution in [1.29, 1.82) is 0 Å². The van der Waals surface area contributed by atoms with Gasteiger partial charge in [0.15, 0.2) is 5.82 Å². The third-order valence-corrected chi connectivity index (χ3v) is 7.39. The van der Waals surface area contributed by atoms with E-state index in [1.165, 1.54) is 37.6 Å². The predicted molar refractivity (Wildman–Crippen MR) is 143 cm³/mol. The Morgan fingerprint density at radius 2 is 1.82 bits per heavy atom. The van der Waals surface area contributed by atoms with Gasteiger partial charge in [-0.05, 0) is 42.5 Å². The van der Waals surface area contributed by atoms with E-state index in [0.29, 0.717) is 6.07 Å². The zero-order valence-corrected chi connectivity index (χ0v) is 22.9. The summed E-state index contributed by atoms with van der Waals surface area (Å²) in [7, 11) is 1.27. The number of alkyl halides is 5. The van der Waals surface area contributed by atoms with E-state index in [4.69, 9.17) is 9.47 Å². The molecular weight excluding hydrogens is 598 g/mol. The van der Waals surface area contributed by atoms with E-state index >= 15 is 0 Å². The fraction of sp³-hybridized carbons (Fsp3) is 0.310. The number of amides is 1. The molecule has 2 aromatic carbocycles. The molecule has 0 saturated carbocycles. The number of aromatic nitrogens is 3.